The smallest absolute Gasteiger partial charge is 0.507 e. The van der Waals surface area contributed by atoms with E-state index in [1.54, 1.807) is 0 Å². The summed E-state index contributed by atoms with van der Waals surface area (Å²) >= 11 is 0. The molecule has 0 bridgehead atoms. The molecule has 94 valence electrons. The lowest BCUT2D eigenvalue weighted by Gasteiger charge is -2.11. The molecule has 0 aliphatic rings. The molecule has 0 atom stereocenters. The van der Waals surface area contributed by atoms with Crippen LogP contribution in [-0.2, 0) is 0 Å². The standard InChI is InChI=1S/C10H13BF2O4/c1-2-3-6-16-8-5-4-7(12)10(9(8)13)17-11(14)15/h4-5,14-15H,2-3,6H2,1H3. The molecular formula is C10H13BF2O4. The molecule has 0 spiro atoms. The summed E-state index contributed by atoms with van der Waals surface area (Å²) in [5.41, 5.74) is 0. The van der Waals surface area contributed by atoms with Crippen LogP contribution < -0.4 is 9.39 Å². The van der Waals surface area contributed by atoms with Crippen molar-refractivity contribution in [2.24, 2.45) is 0 Å². The molecule has 1 rings (SSSR count). The van der Waals surface area contributed by atoms with Gasteiger partial charge in [0.1, 0.15) is 0 Å². The molecule has 17 heavy (non-hydrogen) atoms. The van der Waals surface area contributed by atoms with E-state index in [4.69, 9.17) is 14.8 Å². The van der Waals surface area contributed by atoms with E-state index in [0.717, 1.165) is 25.0 Å². The molecule has 0 aliphatic heterocycles. The molecule has 0 aliphatic carbocycles. The third-order valence-electron chi connectivity index (χ3n) is 1.99. The first-order valence-electron chi connectivity index (χ1n) is 5.19. The highest BCUT2D eigenvalue weighted by Gasteiger charge is 2.21. The maximum atomic E-state index is 13.6. The van der Waals surface area contributed by atoms with Crippen LogP contribution in [0.15, 0.2) is 12.1 Å². The molecule has 2 N–H and O–H groups in total. The summed E-state index contributed by atoms with van der Waals surface area (Å²) < 4.78 is 36.0. The Morgan fingerprint density at radius 2 is 2.00 bits per heavy atom. The lowest BCUT2D eigenvalue weighted by Crippen LogP contribution is -2.22. The first-order valence-corrected chi connectivity index (χ1v) is 5.19. The molecule has 1 aromatic carbocycles. The molecule has 0 fully saturated rings. The Balaban J connectivity index is 2.85. The molecule has 4 nitrogen and oxygen atoms in total. The van der Waals surface area contributed by atoms with Crippen LogP contribution in [0, 0.1) is 11.6 Å². The monoisotopic (exact) mass is 246 g/mol. The Kier molecular flexibility index (Phi) is 5.18. The number of hydrogen-bond acceptors (Lipinski definition) is 4. The van der Waals surface area contributed by atoms with Crippen molar-refractivity contribution < 1.29 is 28.2 Å². The first-order chi connectivity index (χ1) is 8.06. The van der Waals surface area contributed by atoms with E-state index in [-0.39, 0.29) is 5.75 Å². The summed E-state index contributed by atoms with van der Waals surface area (Å²) in [7, 11) is -2.29. The van der Waals surface area contributed by atoms with Crippen molar-refractivity contribution in [2.75, 3.05) is 6.61 Å². The Bertz CT molecular complexity index is 374. The summed E-state index contributed by atoms with van der Waals surface area (Å²) in [6.07, 6.45) is 1.61. The van der Waals surface area contributed by atoms with Gasteiger partial charge < -0.3 is 19.4 Å². The van der Waals surface area contributed by atoms with Crippen molar-refractivity contribution in [1.29, 1.82) is 0 Å². The van der Waals surface area contributed by atoms with Gasteiger partial charge in [-0.1, -0.05) is 13.3 Å². The minimum absolute atomic E-state index is 0.185. The van der Waals surface area contributed by atoms with Gasteiger partial charge in [-0.05, 0) is 18.6 Å². The summed E-state index contributed by atoms with van der Waals surface area (Å²) in [6.45, 7) is 2.24. The van der Waals surface area contributed by atoms with Crippen molar-refractivity contribution in [3.05, 3.63) is 23.8 Å². The van der Waals surface area contributed by atoms with Gasteiger partial charge >= 0.3 is 7.32 Å². The molecule has 0 heterocycles. The molecule has 1 aromatic rings. The number of halogens is 2. The van der Waals surface area contributed by atoms with E-state index in [2.05, 4.69) is 4.65 Å². The van der Waals surface area contributed by atoms with E-state index in [0.29, 0.717) is 6.61 Å². The van der Waals surface area contributed by atoms with Crippen LogP contribution in [0.4, 0.5) is 8.78 Å². The number of benzene rings is 1. The van der Waals surface area contributed by atoms with Gasteiger partial charge in [-0.3, -0.25) is 0 Å². The second kappa shape index (κ2) is 6.41. The maximum Gasteiger partial charge on any atom is 0.707 e. The summed E-state index contributed by atoms with van der Waals surface area (Å²) in [5.74, 6) is -3.17. The van der Waals surface area contributed by atoms with Gasteiger partial charge in [-0.15, -0.1) is 0 Å². The van der Waals surface area contributed by atoms with Crippen LogP contribution >= 0.6 is 0 Å². The lowest BCUT2D eigenvalue weighted by atomic mass is 10.2. The third-order valence-corrected chi connectivity index (χ3v) is 1.99. The molecule has 0 amide bonds. The SMILES string of the molecule is CCCCOc1ccc(F)c(OB(O)O)c1F. The molecular weight excluding hydrogens is 233 g/mol. The minimum Gasteiger partial charge on any atom is -0.507 e. The maximum absolute atomic E-state index is 13.6. The quantitative estimate of drug-likeness (QED) is 0.589. The van der Waals surface area contributed by atoms with Gasteiger partial charge in [0.15, 0.2) is 17.3 Å². The van der Waals surface area contributed by atoms with Gasteiger partial charge in [0.2, 0.25) is 5.82 Å². The van der Waals surface area contributed by atoms with E-state index in [1.165, 1.54) is 0 Å². The van der Waals surface area contributed by atoms with E-state index >= 15 is 0 Å². The van der Waals surface area contributed by atoms with E-state index in [9.17, 15) is 8.78 Å². The second-order valence-electron chi connectivity index (χ2n) is 3.33. The fourth-order valence-corrected chi connectivity index (χ4v) is 1.17. The van der Waals surface area contributed by atoms with Crippen LogP contribution in [0.25, 0.3) is 0 Å². The molecule has 0 aromatic heterocycles. The topological polar surface area (TPSA) is 58.9 Å². The van der Waals surface area contributed by atoms with Crippen LogP contribution in [-0.4, -0.2) is 24.0 Å². The van der Waals surface area contributed by atoms with E-state index in [1.807, 2.05) is 6.92 Å². The Labute approximate surface area is 98.0 Å². The first kappa shape index (κ1) is 13.7. The fraction of sp³-hybridized carbons (Fsp3) is 0.400. The Morgan fingerprint density at radius 3 is 2.59 bits per heavy atom. The number of rotatable bonds is 6. The highest BCUT2D eigenvalue weighted by Crippen LogP contribution is 2.29. The van der Waals surface area contributed by atoms with Crippen LogP contribution in [0.5, 0.6) is 11.5 Å². The van der Waals surface area contributed by atoms with Gasteiger partial charge in [0, 0.05) is 0 Å². The zero-order chi connectivity index (χ0) is 12.8. The summed E-state index contributed by atoms with van der Waals surface area (Å²) in [5, 5.41) is 17.0. The highest BCUT2D eigenvalue weighted by molar-refractivity contribution is 6.33. The van der Waals surface area contributed by atoms with Gasteiger partial charge in [0.05, 0.1) is 6.61 Å². The van der Waals surface area contributed by atoms with Gasteiger partial charge in [0.25, 0.3) is 0 Å². The lowest BCUT2D eigenvalue weighted by molar-refractivity contribution is 0.262. The van der Waals surface area contributed by atoms with Crippen LogP contribution in [0.1, 0.15) is 19.8 Å². The van der Waals surface area contributed by atoms with Gasteiger partial charge in [-0.25, -0.2) is 4.39 Å². The van der Waals surface area contributed by atoms with Crippen LogP contribution in [0.2, 0.25) is 0 Å². The van der Waals surface area contributed by atoms with Crippen molar-refractivity contribution in [2.45, 2.75) is 19.8 Å². The zero-order valence-corrected chi connectivity index (χ0v) is 9.32. The fourth-order valence-electron chi connectivity index (χ4n) is 1.17. The van der Waals surface area contributed by atoms with Crippen molar-refractivity contribution in [3.8, 4) is 11.5 Å². The normalized spacial score (nSPS) is 10.2. The minimum atomic E-state index is -2.29. The zero-order valence-electron chi connectivity index (χ0n) is 9.32. The molecule has 0 saturated heterocycles. The largest absolute Gasteiger partial charge is 0.707 e. The van der Waals surface area contributed by atoms with Crippen molar-refractivity contribution in [1.82, 2.24) is 0 Å². The second-order valence-corrected chi connectivity index (χ2v) is 3.33. The Hall–Kier alpha value is -1.34. The highest BCUT2D eigenvalue weighted by atomic mass is 19.1. The average molecular weight is 246 g/mol. The molecule has 0 unspecified atom stereocenters. The summed E-state index contributed by atoms with van der Waals surface area (Å²) in [4.78, 5) is 0. The molecule has 0 saturated carbocycles. The van der Waals surface area contributed by atoms with Crippen molar-refractivity contribution in [3.63, 3.8) is 0 Å². The van der Waals surface area contributed by atoms with Crippen LogP contribution in [0.3, 0.4) is 0 Å². The van der Waals surface area contributed by atoms with Crippen molar-refractivity contribution >= 4 is 7.32 Å². The number of hydrogen-bond donors (Lipinski definition) is 2. The predicted octanol–water partition coefficient (Wildman–Crippen LogP) is 1.49. The average Bonchev–Trinajstić information content (AvgIpc) is 2.27. The predicted molar refractivity (Wildman–Crippen MR) is 57.6 cm³/mol. The van der Waals surface area contributed by atoms with Gasteiger partial charge in [-0.2, -0.15) is 4.39 Å². The third kappa shape index (κ3) is 3.87. The molecule has 7 heteroatoms. The Morgan fingerprint density at radius 1 is 1.29 bits per heavy atom. The van der Waals surface area contributed by atoms with E-state index < -0.39 is 24.7 Å². The molecule has 0 radical (unpaired) electrons. The number of ether oxygens (including phenoxy) is 1. The number of unbranched alkanes of at least 4 members (excludes halogenated alkanes) is 1. The summed E-state index contributed by atoms with van der Waals surface area (Å²) in [6, 6.07) is 2.05.